The molecule has 17 heavy (non-hydrogen) atoms. The van der Waals surface area contributed by atoms with Gasteiger partial charge in [-0.25, -0.2) is 4.98 Å². The van der Waals surface area contributed by atoms with Gasteiger partial charge in [-0.15, -0.1) is 0 Å². The number of para-hydroxylation sites is 1. The van der Waals surface area contributed by atoms with Gasteiger partial charge in [0.05, 0.1) is 10.2 Å². The highest BCUT2D eigenvalue weighted by Crippen LogP contribution is 2.31. The predicted octanol–water partition coefficient (Wildman–Crippen LogP) is 2.44. The first-order chi connectivity index (χ1) is 8.24. The molecule has 4 heteroatoms. The van der Waals surface area contributed by atoms with E-state index in [-0.39, 0.29) is 0 Å². The minimum atomic E-state index is 0.669. The lowest BCUT2D eigenvalue weighted by atomic mass is 10.2. The van der Waals surface area contributed by atoms with Gasteiger partial charge in [-0.1, -0.05) is 23.5 Å². The van der Waals surface area contributed by atoms with Crippen molar-refractivity contribution in [3.8, 4) is 0 Å². The Bertz CT molecular complexity index is 487. The average Bonchev–Trinajstić information content (AvgIpc) is 2.95. The lowest BCUT2D eigenvalue weighted by Crippen LogP contribution is -2.31. The van der Waals surface area contributed by atoms with Crippen molar-refractivity contribution >= 4 is 26.7 Å². The number of benzene rings is 1. The Morgan fingerprint density at radius 1 is 1.35 bits per heavy atom. The highest BCUT2D eigenvalue weighted by atomic mass is 32.1. The zero-order valence-corrected chi connectivity index (χ0v) is 11.1. The third-order valence-corrected chi connectivity index (χ3v) is 4.54. The second-order valence-electron chi connectivity index (χ2n) is 4.82. The molecule has 1 aromatic heterocycles. The summed E-state index contributed by atoms with van der Waals surface area (Å²) in [5, 5.41) is 1.18. The molecule has 3 rings (SSSR count). The van der Waals surface area contributed by atoms with Crippen molar-refractivity contribution in [3.05, 3.63) is 24.3 Å². The fourth-order valence-corrected chi connectivity index (χ4v) is 3.33. The molecular weight excluding hydrogens is 230 g/mol. The van der Waals surface area contributed by atoms with E-state index in [4.69, 9.17) is 4.98 Å². The normalized spacial score (nSPS) is 20.6. The minimum Gasteiger partial charge on any atom is -0.346 e. The van der Waals surface area contributed by atoms with Crippen molar-refractivity contribution in [1.29, 1.82) is 0 Å². The summed E-state index contributed by atoms with van der Waals surface area (Å²) in [4.78, 5) is 9.44. The van der Waals surface area contributed by atoms with Gasteiger partial charge in [0.25, 0.3) is 0 Å². The van der Waals surface area contributed by atoms with E-state index in [2.05, 4.69) is 48.2 Å². The van der Waals surface area contributed by atoms with Gasteiger partial charge in [-0.2, -0.15) is 0 Å². The van der Waals surface area contributed by atoms with Gasteiger partial charge in [0.1, 0.15) is 0 Å². The lowest BCUT2D eigenvalue weighted by molar-refractivity contribution is 0.315. The summed E-state index contributed by atoms with van der Waals surface area (Å²) in [7, 11) is 4.32. The molecule has 1 unspecified atom stereocenters. The molecule has 0 N–H and O–H groups in total. The van der Waals surface area contributed by atoms with Crippen LogP contribution in [0.2, 0.25) is 0 Å². The number of anilines is 1. The molecule has 2 heterocycles. The third kappa shape index (κ3) is 2.03. The standard InChI is InChI=1S/C13H17N3S/c1-15(2)10-7-8-16(9-10)13-14-11-5-3-4-6-12(11)17-13/h3-6,10H,7-9H2,1-2H3. The molecule has 1 aliphatic rings. The van der Waals surface area contributed by atoms with Crippen LogP contribution in [0.25, 0.3) is 10.2 Å². The van der Waals surface area contributed by atoms with Crippen LogP contribution in [-0.2, 0) is 0 Å². The van der Waals surface area contributed by atoms with Crippen molar-refractivity contribution in [2.24, 2.45) is 0 Å². The van der Waals surface area contributed by atoms with Crippen molar-refractivity contribution in [2.75, 3.05) is 32.1 Å². The molecule has 0 saturated carbocycles. The molecule has 0 bridgehead atoms. The van der Waals surface area contributed by atoms with Gasteiger partial charge in [0, 0.05) is 19.1 Å². The first-order valence-corrected chi connectivity index (χ1v) is 6.82. The Morgan fingerprint density at radius 3 is 2.88 bits per heavy atom. The number of nitrogens with zero attached hydrogens (tertiary/aromatic N) is 3. The van der Waals surface area contributed by atoms with Crippen molar-refractivity contribution < 1.29 is 0 Å². The van der Waals surface area contributed by atoms with E-state index in [0.717, 1.165) is 18.6 Å². The zero-order valence-electron chi connectivity index (χ0n) is 10.3. The second-order valence-corrected chi connectivity index (χ2v) is 5.83. The molecule has 1 atom stereocenters. The summed E-state index contributed by atoms with van der Waals surface area (Å²) in [5.74, 6) is 0. The first-order valence-electron chi connectivity index (χ1n) is 6.01. The lowest BCUT2D eigenvalue weighted by Gasteiger charge is -2.19. The van der Waals surface area contributed by atoms with Gasteiger partial charge in [-0.05, 0) is 32.6 Å². The number of likely N-dealkylation sites (N-methyl/N-ethyl adjacent to an activating group) is 1. The van der Waals surface area contributed by atoms with Crippen molar-refractivity contribution in [2.45, 2.75) is 12.5 Å². The highest BCUT2D eigenvalue weighted by Gasteiger charge is 2.25. The molecule has 1 aromatic carbocycles. The molecule has 0 radical (unpaired) electrons. The molecule has 1 aliphatic heterocycles. The number of aromatic nitrogens is 1. The maximum Gasteiger partial charge on any atom is 0.186 e. The number of hydrogen-bond donors (Lipinski definition) is 0. The smallest absolute Gasteiger partial charge is 0.186 e. The Kier molecular flexibility index (Phi) is 2.76. The van der Waals surface area contributed by atoms with Crippen LogP contribution < -0.4 is 4.90 Å². The fourth-order valence-electron chi connectivity index (χ4n) is 2.33. The van der Waals surface area contributed by atoms with E-state index in [0.29, 0.717) is 6.04 Å². The van der Waals surface area contributed by atoms with Gasteiger partial charge < -0.3 is 9.80 Å². The van der Waals surface area contributed by atoms with E-state index in [1.165, 1.54) is 16.3 Å². The van der Waals surface area contributed by atoms with Gasteiger partial charge >= 0.3 is 0 Å². The van der Waals surface area contributed by atoms with Crippen LogP contribution >= 0.6 is 11.3 Å². The molecule has 0 aliphatic carbocycles. The van der Waals surface area contributed by atoms with Gasteiger partial charge in [0.2, 0.25) is 0 Å². The average molecular weight is 247 g/mol. The van der Waals surface area contributed by atoms with Crippen LogP contribution in [0.1, 0.15) is 6.42 Å². The quantitative estimate of drug-likeness (QED) is 0.812. The number of rotatable bonds is 2. The number of hydrogen-bond acceptors (Lipinski definition) is 4. The van der Waals surface area contributed by atoms with Crippen LogP contribution in [-0.4, -0.2) is 43.1 Å². The summed E-state index contributed by atoms with van der Waals surface area (Å²) in [6.07, 6.45) is 1.24. The van der Waals surface area contributed by atoms with E-state index in [1.54, 1.807) is 11.3 Å². The third-order valence-electron chi connectivity index (χ3n) is 3.45. The fraction of sp³-hybridized carbons (Fsp3) is 0.462. The van der Waals surface area contributed by atoms with Crippen LogP contribution in [0, 0.1) is 0 Å². The molecule has 1 fully saturated rings. The monoisotopic (exact) mass is 247 g/mol. The molecule has 1 saturated heterocycles. The zero-order chi connectivity index (χ0) is 11.8. The topological polar surface area (TPSA) is 19.4 Å². The van der Waals surface area contributed by atoms with E-state index in [9.17, 15) is 0 Å². The molecule has 3 nitrogen and oxygen atoms in total. The highest BCUT2D eigenvalue weighted by molar-refractivity contribution is 7.22. The van der Waals surface area contributed by atoms with Crippen molar-refractivity contribution in [3.63, 3.8) is 0 Å². The van der Waals surface area contributed by atoms with E-state index < -0.39 is 0 Å². The molecular formula is C13H17N3S. The van der Waals surface area contributed by atoms with E-state index >= 15 is 0 Å². The molecule has 90 valence electrons. The summed E-state index contributed by atoms with van der Waals surface area (Å²) >= 11 is 1.80. The Morgan fingerprint density at radius 2 is 2.18 bits per heavy atom. The Labute approximate surface area is 106 Å². The maximum atomic E-state index is 4.71. The molecule has 0 spiro atoms. The molecule has 2 aromatic rings. The maximum absolute atomic E-state index is 4.71. The summed E-state index contributed by atoms with van der Waals surface area (Å²) in [6, 6.07) is 9.04. The van der Waals surface area contributed by atoms with Crippen LogP contribution in [0.4, 0.5) is 5.13 Å². The summed E-state index contributed by atoms with van der Waals surface area (Å²) in [6.45, 7) is 2.23. The van der Waals surface area contributed by atoms with Crippen molar-refractivity contribution in [1.82, 2.24) is 9.88 Å². The largest absolute Gasteiger partial charge is 0.346 e. The van der Waals surface area contributed by atoms with Crippen LogP contribution in [0.3, 0.4) is 0 Å². The van der Waals surface area contributed by atoms with Crippen LogP contribution in [0.5, 0.6) is 0 Å². The Balaban J connectivity index is 1.85. The second kappa shape index (κ2) is 4.27. The van der Waals surface area contributed by atoms with Gasteiger partial charge in [-0.3, -0.25) is 0 Å². The van der Waals surface area contributed by atoms with Gasteiger partial charge in [0.15, 0.2) is 5.13 Å². The number of thiazole rings is 1. The summed E-state index contributed by atoms with van der Waals surface area (Å²) in [5.41, 5.74) is 1.13. The SMILES string of the molecule is CN(C)C1CCN(c2nc3ccccc3s2)C1. The minimum absolute atomic E-state index is 0.669. The van der Waals surface area contributed by atoms with E-state index in [1.807, 2.05) is 0 Å². The summed E-state index contributed by atoms with van der Waals surface area (Å²) < 4.78 is 1.29. The Hall–Kier alpha value is -1.13. The van der Waals surface area contributed by atoms with Crippen LogP contribution in [0.15, 0.2) is 24.3 Å². The predicted molar refractivity (Wildman–Crippen MR) is 73.9 cm³/mol. The number of fused-ring (bicyclic) bond motifs is 1. The molecule has 0 amide bonds. The first kappa shape index (κ1) is 11.0.